The standard InChI is InChI=1S/C24H29ClF3NO3S/c1-22(2,18-6-8-19(25)9-7-18)29-15-14-23(16-29,21(30)24(26,27)28)13-12-17-4-10-20(11-5-17)33(3,31)32/h4-11,21,30H,12-16H2,1-3H3/t21-,23+/m1/s1. The van der Waals surface area contributed by atoms with Gasteiger partial charge in [-0.25, -0.2) is 8.42 Å². The van der Waals surface area contributed by atoms with Crippen LogP contribution in [0.15, 0.2) is 53.4 Å². The maximum Gasteiger partial charge on any atom is 0.414 e. The smallest absolute Gasteiger partial charge is 0.383 e. The molecule has 33 heavy (non-hydrogen) atoms. The Morgan fingerprint density at radius 2 is 1.67 bits per heavy atom. The second-order valence-electron chi connectivity index (χ2n) is 9.46. The Morgan fingerprint density at radius 3 is 2.18 bits per heavy atom. The monoisotopic (exact) mass is 503 g/mol. The minimum Gasteiger partial charge on any atom is -0.383 e. The highest BCUT2D eigenvalue weighted by molar-refractivity contribution is 7.90. The fourth-order valence-corrected chi connectivity index (χ4v) is 5.38. The Kier molecular flexibility index (Phi) is 7.26. The van der Waals surface area contributed by atoms with Crippen LogP contribution in [0.1, 0.15) is 37.8 Å². The third-order valence-corrected chi connectivity index (χ3v) is 8.26. The molecule has 0 bridgehead atoms. The quantitative estimate of drug-likeness (QED) is 0.562. The van der Waals surface area contributed by atoms with E-state index in [1.165, 1.54) is 12.1 Å². The van der Waals surface area contributed by atoms with Crippen molar-refractivity contribution in [1.29, 1.82) is 0 Å². The first-order valence-electron chi connectivity index (χ1n) is 10.7. The molecule has 0 spiro atoms. The molecule has 1 heterocycles. The first-order chi connectivity index (χ1) is 15.1. The molecule has 2 aromatic rings. The van der Waals surface area contributed by atoms with Gasteiger partial charge in [-0.1, -0.05) is 35.9 Å². The Morgan fingerprint density at radius 1 is 1.09 bits per heavy atom. The van der Waals surface area contributed by atoms with Crippen molar-refractivity contribution in [3.63, 3.8) is 0 Å². The van der Waals surface area contributed by atoms with E-state index in [0.717, 1.165) is 17.4 Å². The van der Waals surface area contributed by atoms with Crippen molar-refractivity contribution in [2.75, 3.05) is 19.3 Å². The van der Waals surface area contributed by atoms with Crippen molar-refractivity contribution in [3.05, 3.63) is 64.7 Å². The van der Waals surface area contributed by atoms with Gasteiger partial charge in [0.15, 0.2) is 15.9 Å². The second-order valence-corrected chi connectivity index (χ2v) is 11.9. The highest BCUT2D eigenvalue weighted by Gasteiger charge is 2.56. The molecule has 1 saturated heterocycles. The Hall–Kier alpha value is -1.61. The van der Waals surface area contributed by atoms with Crippen LogP contribution in [-0.4, -0.2) is 50.0 Å². The molecule has 2 aromatic carbocycles. The molecule has 1 aliphatic heterocycles. The van der Waals surface area contributed by atoms with Crippen LogP contribution in [0.5, 0.6) is 0 Å². The molecule has 1 fully saturated rings. The Labute approximate surface area is 198 Å². The van der Waals surface area contributed by atoms with E-state index in [9.17, 15) is 26.7 Å². The third kappa shape index (κ3) is 5.73. The van der Waals surface area contributed by atoms with E-state index < -0.39 is 33.1 Å². The van der Waals surface area contributed by atoms with Gasteiger partial charge in [-0.3, -0.25) is 4.90 Å². The molecule has 0 saturated carbocycles. The fraction of sp³-hybridized carbons (Fsp3) is 0.500. The zero-order chi connectivity index (χ0) is 24.7. The molecule has 0 radical (unpaired) electrons. The molecule has 0 unspecified atom stereocenters. The lowest BCUT2D eigenvalue weighted by molar-refractivity contribution is -0.239. The zero-order valence-corrected chi connectivity index (χ0v) is 20.4. The van der Waals surface area contributed by atoms with Crippen LogP contribution in [0.25, 0.3) is 0 Å². The number of benzene rings is 2. The summed E-state index contributed by atoms with van der Waals surface area (Å²) in [6, 6.07) is 13.4. The van der Waals surface area contributed by atoms with E-state index in [0.29, 0.717) is 18.0 Å². The lowest BCUT2D eigenvalue weighted by Crippen LogP contribution is -2.49. The highest BCUT2D eigenvalue weighted by Crippen LogP contribution is 2.47. The van der Waals surface area contributed by atoms with E-state index in [1.807, 2.05) is 30.9 Å². The van der Waals surface area contributed by atoms with Crippen LogP contribution in [-0.2, 0) is 21.8 Å². The molecule has 1 aliphatic rings. The van der Waals surface area contributed by atoms with E-state index >= 15 is 0 Å². The number of aliphatic hydroxyl groups excluding tert-OH is 1. The predicted molar refractivity (Wildman–Crippen MR) is 123 cm³/mol. The summed E-state index contributed by atoms with van der Waals surface area (Å²) in [5.41, 5.74) is -0.251. The number of alkyl halides is 3. The summed E-state index contributed by atoms with van der Waals surface area (Å²) >= 11 is 5.99. The van der Waals surface area contributed by atoms with Crippen molar-refractivity contribution in [3.8, 4) is 0 Å². The molecule has 3 rings (SSSR count). The van der Waals surface area contributed by atoms with E-state index in [1.54, 1.807) is 24.3 Å². The molecule has 0 aliphatic carbocycles. The number of aryl methyl sites for hydroxylation is 1. The maximum absolute atomic E-state index is 13.7. The first kappa shape index (κ1) is 26.0. The summed E-state index contributed by atoms with van der Waals surface area (Å²) in [5, 5.41) is 11.0. The third-order valence-electron chi connectivity index (χ3n) is 6.88. The minimum atomic E-state index is -4.74. The molecule has 2 atom stereocenters. The summed E-state index contributed by atoms with van der Waals surface area (Å²) in [6.07, 6.45) is -5.46. The lowest BCUT2D eigenvalue weighted by atomic mass is 9.75. The Balaban J connectivity index is 1.84. The van der Waals surface area contributed by atoms with Crippen LogP contribution >= 0.6 is 11.6 Å². The van der Waals surface area contributed by atoms with Crippen molar-refractivity contribution in [1.82, 2.24) is 4.90 Å². The summed E-state index contributed by atoms with van der Waals surface area (Å²) in [7, 11) is -3.35. The van der Waals surface area contributed by atoms with Crippen molar-refractivity contribution in [2.45, 2.75) is 55.8 Å². The average Bonchev–Trinajstić information content (AvgIpc) is 3.17. The van der Waals surface area contributed by atoms with Gasteiger partial charge in [0.2, 0.25) is 0 Å². The molecule has 1 N–H and O–H groups in total. The molecule has 0 aromatic heterocycles. The molecular weight excluding hydrogens is 475 g/mol. The minimum absolute atomic E-state index is 0.0880. The van der Waals surface area contributed by atoms with Crippen molar-refractivity contribution in [2.24, 2.45) is 5.41 Å². The number of likely N-dealkylation sites (tertiary alicyclic amines) is 1. The van der Waals surface area contributed by atoms with Crippen LogP contribution in [0.2, 0.25) is 5.02 Å². The van der Waals surface area contributed by atoms with Gasteiger partial charge in [0.25, 0.3) is 0 Å². The van der Waals surface area contributed by atoms with E-state index in [4.69, 9.17) is 11.6 Å². The number of aliphatic hydroxyl groups is 1. The SMILES string of the molecule is CC(C)(c1ccc(Cl)cc1)N1CC[C@](CCc2ccc(S(C)(=O)=O)cc2)([C@@H](O)C(F)(F)F)C1. The topological polar surface area (TPSA) is 57.6 Å². The molecule has 0 amide bonds. The fourth-order valence-electron chi connectivity index (χ4n) is 4.62. The molecule has 4 nitrogen and oxygen atoms in total. The van der Waals surface area contributed by atoms with Crippen molar-refractivity contribution >= 4 is 21.4 Å². The van der Waals surface area contributed by atoms with Gasteiger partial charge in [0.05, 0.1) is 4.90 Å². The van der Waals surface area contributed by atoms with Gasteiger partial charge >= 0.3 is 6.18 Å². The van der Waals surface area contributed by atoms with Gasteiger partial charge in [0.1, 0.15) is 0 Å². The number of nitrogens with zero attached hydrogens (tertiary/aromatic N) is 1. The highest BCUT2D eigenvalue weighted by atomic mass is 35.5. The summed E-state index contributed by atoms with van der Waals surface area (Å²) < 4.78 is 64.4. The zero-order valence-electron chi connectivity index (χ0n) is 18.9. The molecule has 182 valence electrons. The number of hydrogen-bond acceptors (Lipinski definition) is 4. The van der Waals surface area contributed by atoms with Gasteiger partial charge in [-0.15, -0.1) is 0 Å². The number of hydrogen-bond donors (Lipinski definition) is 1. The normalized spacial score (nSPS) is 21.3. The molecule has 9 heteroatoms. The van der Waals surface area contributed by atoms with E-state index in [2.05, 4.69) is 0 Å². The summed E-state index contributed by atoms with van der Waals surface area (Å²) in [4.78, 5) is 2.14. The first-order valence-corrected chi connectivity index (χ1v) is 13.0. The Bertz CT molecular complexity index is 1070. The number of sulfone groups is 1. The number of halogens is 4. The van der Waals surface area contributed by atoms with Crippen LogP contribution < -0.4 is 0 Å². The lowest BCUT2D eigenvalue weighted by Gasteiger charge is -2.40. The maximum atomic E-state index is 13.7. The van der Waals surface area contributed by atoms with Gasteiger partial charge < -0.3 is 5.11 Å². The second kappa shape index (κ2) is 9.21. The number of rotatable bonds is 7. The summed E-state index contributed by atoms with van der Waals surface area (Å²) in [6.45, 7) is 4.41. The molecular formula is C24H29ClF3NO3S. The largest absolute Gasteiger partial charge is 0.414 e. The predicted octanol–water partition coefficient (Wildman–Crippen LogP) is 5.23. The van der Waals surface area contributed by atoms with Crippen molar-refractivity contribution < 1.29 is 26.7 Å². The van der Waals surface area contributed by atoms with E-state index in [-0.39, 0.29) is 24.3 Å². The summed E-state index contributed by atoms with van der Waals surface area (Å²) in [5.74, 6) is 0. The average molecular weight is 504 g/mol. The van der Waals surface area contributed by atoms with Crippen LogP contribution in [0.4, 0.5) is 13.2 Å². The van der Waals surface area contributed by atoms with Gasteiger partial charge in [0, 0.05) is 28.8 Å². The van der Waals surface area contributed by atoms with Crippen LogP contribution in [0.3, 0.4) is 0 Å². The van der Waals surface area contributed by atoms with Gasteiger partial charge in [-0.05, 0) is 75.0 Å². The van der Waals surface area contributed by atoms with Crippen LogP contribution in [0, 0.1) is 5.41 Å². The van der Waals surface area contributed by atoms with Gasteiger partial charge in [-0.2, -0.15) is 13.2 Å².